The Morgan fingerprint density at radius 2 is 1.76 bits per heavy atom. The summed E-state index contributed by atoms with van der Waals surface area (Å²) in [5.41, 5.74) is 0.812. The van der Waals surface area contributed by atoms with Gasteiger partial charge >= 0.3 is 12.3 Å². The molecule has 0 atom stereocenters. The monoisotopic (exact) mass is 420 g/mol. The number of carbonyl (C=O) groups is 1. The quantitative estimate of drug-likeness (QED) is 0.549. The summed E-state index contributed by atoms with van der Waals surface area (Å²) in [6, 6.07) is 1.79. The molecule has 1 amide bonds. The highest BCUT2D eigenvalue weighted by Crippen LogP contribution is 2.28. The summed E-state index contributed by atoms with van der Waals surface area (Å²) in [6.45, 7) is 5.65. The molecule has 0 bridgehead atoms. The topological polar surface area (TPSA) is 69.7 Å². The zero-order valence-electron chi connectivity index (χ0n) is 17.7. The Bertz CT molecular complexity index is 658. The van der Waals surface area contributed by atoms with Crippen molar-refractivity contribution < 1.29 is 32.2 Å². The van der Waals surface area contributed by atoms with Crippen LogP contribution in [-0.2, 0) is 17.6 Å². The van der Waals surface area contributed by atoms with E-state index in [1.165, 1.54) is 14.2 Å². The molecule has 166 valence electrons. The van der Waals surface area contributed by atoms with Crippen LogP contribution >= 0.6 is 0 Å². The molecule has 1 aromatic rings. The molecule has 1 N–H and O–H groups in total. The normalized spacial score (nSPS) is 11.9. The Morgan fingerprint density at radius 1 is 1.07 bits per heavy atom. The molecule has 0 aliphatic carbocycles. The number of aryl methyl sites for hydroxylation is 1. The van der Waals surface area contributed by atoms with Crippen LogP contribution in [0.5, 0.6) is 11.6 Å². The number of aromatic nitrogens is 1. The van der Waals surface area contributed by atoms with Crippen molar-refractivity contribution in [1.29, 1.82) is 0 Å². The molecule has 1 rings (SSSR count). The maximum absolute atomic E-state index is 12.2. The number of nitrogens with one attached hydrogen (secondary N) is 1. The van der Waals surface area contributed by atoms with Crippen LogP contribution in [0.2, 0.25) is 0 Å². The number of rotatable bonds is 10. The molecule has 0 spiro atoms. The van der Waals surface area contributed by atoms with Gasteiger partial charge in [-0.2, -0.15) is 13.2 Å². The summed E-state index contributed by atoms with van der Waals surface area (Å²) in [5.74, 6) is 0.955. The number of hydrogen-bond donors (Lipinski definition) is 1. The fourth-order valence-corrected chi connectivity index (χ4v) is 2.68. The standard InChI is InChI=1S/C20H31F3N2O4/c1-19(2,3)29-18(26)24-12-10-15-16(27-4)13-14(17(25-15)28-5)9-7-6-8-11-20(21,22)23/h13H,6-12H2,1-5H3,(H,24,26). The number of amides is 1. The summed E-state index contributed by atoms with van der Waals surface area (Å²) < 4.78 is 52.6. The minimum absolute atomic E-state index is 0.102. The van der Waals surface area contributed by atoms with Crippen molar-refractivity contribution in [3.63, 3.8) is 0 Å². The third-order valence-electron chi connectivity index (χ3n) is 3.95. The Kier molecular flexibility index (Phi) is 9.52. The summed E-state index contributed by atoms with van der Waals surface area (Å²) in [4.78, 5) is 16.2. The summed E-state index contributed by atoms with van der Waals surface area (Å²) in [6.07, 6.45) is -3.29. The maximum Gasteiger partial charge on any atom is 0.407 e. The van der Waals surface area contributed by atoms with Crippen molar-refractivity contribution in [3.8, 4) is 11.6 Å². The van der Waals surface area contributed by atoms with Gasteiger partial charge in [0, 0.05) is 24.9 Å². The second-order valence-corrected chi connectivity index (χ2v) is 7.66. The molecule has 0 radical (unpaired) electrons. The summed E-state index contributed by atoms with van der Waals surface area (Å²) >= 11 is 0. The molecule has 0 fully saturated rings. The molecule has 29 heavy (non-hydrogen) atoms. The first-order valence-corrected chi connectivity index (χ1v) is 9.59. The first-order valence-electron chi connectivity index (χ1n) is 9.59. The van der Waals surface area contributed by atoms with E-state index < -0.39 is 24.3 Å². The zero-order chi connectivity index (χ0) is 22.1. The highest BCUT2D eigenvalue weighted by molar-refractivity contribution is 5.67. The average molecular weight is 420 g/mol. The molecule has 1 aromatic heterocycles. The lowest BCUT2D eigenvalue weighted by Crippen LogP contribution is -2.33. The van der Waals surface area contributed by atoms with E-state index in [1.54, 1.807) is 26.8 Å². The lowest BCUT2D eigenvalue weighted by Gasteiger charge is -2.19. The largest absolute Gasteiger partial charge is 0.495 e. The third kappa shape index (κ3) is 10.2. The van der Waals surface area contributed by atoms with E-state index in [0.29, 0.717) is 49.6 Å². The Hall–Kier alpha value is -2.19. The van der Waals surface area contributed by atoms with E-state index in [2.05, 4.69) is 10.3 Å². The minimum Gasteiger partial charge on any atom is -0.495 e. The van der Waals surface area contributed by atoms with Gasteiger partial charge in [0.1, 0.15) is 11.4 Å². The lowest BCUT2D eigenvalue weighted by atomic mass is 10.1. The van der Waals surface area contributed by atoms with Gasteiger partial charge in [-0.05, 0) is 46.1 Å². The molecular weight excluding hydrogens is 389 g/mol. The van der Waals surface area contributed by atoms with Gasteiger partial charge in [-0.3, -0.25) is 0 Å². The number of halogens is 3. The van der Waals surface area contributed by atoms with E-state index in [0.717, 1.165) is 5.56 Å². The van der Waals surface area contributed by atoms with Gasteiger partial charge in [-0.25, -0.2) is 9.78 Å². The van der Waals surface area contributed by atoms with Crippen LogP contribution in [0, 0.1) is 0 Å². The molecule has 0 aromatic carbocycles. The van der Waals surface area contributed by atoms with E-state index in [4.69, 9.17) is 14.2 Å². The van der Waals surface area contributed by atoms with Crippen molar-refractivity contribution >= 4 is 6.09 Å². The minimum atomic E-state index is -4.11. The number of methoxy groups -OCH3 is 2. The van der Waals surface area contributed by atoms with Gasteiger partial charge < -0.3 is 19.5 Å². The van der Waals surface area contributed by atoms with E-state index in [1.807, 2.05) is 0 Å². The summed E-state index contributed by atoms with van der Waals surface area (Å²) in [5, 5.41) is 2.66. The van der Waals surface area contributed by atoms with Gasteiger partial charge in [0.2, 0.25) is 5.88 Å². The second-order valence-electron chi connectivity index (χ2n) is 7.66. The molecule has 0 saturated carbocycles. The number of ether oxygens (including phenoxy) is 3. The molecule has 0 aliphatic rings. The number of nitrogens with zero attached hydrogens (tertiary/aromatic N) is 1. The highest BCUT2D eigenvalue weighted by atomic mass is 19.4. The van der Waals surface area contributed by atoms with Gasteiger partial charge in [0.25, 0.3) is 0 Å². The molecule has 0 saturated heterocycles. The Balaban J connectivity index is 2.66. The second kappa shape index (κ2) is 11.1. The van der Waals surface area contributed by atoms with Crippen LogP contribution in [-0.4, -0.2) is 43.6 Å². The molecule has 0 unspecified atom stereocenters. The number of alkyl carbamates (subject to hydrolysis) is 1. The van der Waals surface area contributed by atoms with Crippen LogP contribution < -0.4 is 14.8 Å². The number of hydrogen-bond acceptors (Lipinski definition) is 5. The average Bonchev–Trinajstić information content (AvgIpc) is 2.59. The smallest absolute Gasteiger partial charge is 0.407 e. The van der Waals surface area contributed by atoms with Gasteiger partial charge in [0.05, 0.1) is 19.9 Å². The third-order valence-corrected chi connectivity index (χ3v) is 3.95. The van der Waals surface area contributed by atoms with Crippen LogP contribution in [0.4, 0.5) is 18.0 Å². The Morgan fingerprint density at radius 3 is 2.31 bits per heavy atom. The fraction of sp³-hybridized carbons (Fsp3) is 0.700. The van der Waals surface area contributed by atoms with E-state index >= 15 is 0 Å². The predicted molar refractivity (Wildman–Crippen MR) is 104 cm³/mol. The summed E-state index contributed by atoms with van der Waals surface area (Å²) in [7, 11) is 3.01. The van der Waals surface area contributed by atoms with Crippen molar-refractivity contribution in [2.75, 3.05) is 20.8 Å². The van der Waals surface area contributed by atoms with Crippen molar-refractivity contribution in [2.45, 2.75) is 71.1 Å². The number of pyridine rings is 1. The molecule has 1 heterocycles. The van der Waals surface area contributed by atoms with Crippen LogP contribution in [0.1, 0.15) is 57.7 Å². The van der Waals surface area contributed by atoms with Crippen molar-refractivity contribution in [3.05, 3.63) is 17.3 Å². The van der Waals surface area contributed by atoms with Gasteiger partial charge in [0.15, 0.2) is 0 Å². The van der Waals surface area contributed by atoms with Gasteiger partial charge in [-0.1, -0.05) is 6.42 Å². The lowest BCUT2D eigenvalue weighted by molar-refractivity contribution is -0.135. The molecule has 9 heteroatoms. The van der Waals surface area contributed by atoms with Crippen LogP contribution in [0.25, 0.3) is 0 Å². The maximum atomic E-state index is 12.2. The van der Waals surface area contributed by atoms with Gasteiger partial charge in [-0.15, -0.1) is 0 Å². The molecule has 0 aliphatic heterocycles. The fourth-order valence-electron chi connectivity index (χ4n) is 2.68. The van der Waals surface area contributed by atoms with Crippen molar-refractivity contribution in [1.82, 2.24) is 10.3 Å². The molecular formula is C20H31F3N2O4. The highest BCUT2D eigenvalue weighted by Gasteiger charge is 2.25. The first kappa shape index (κ1) is 24.8. The number of carbonyl (C=O) groups excluding carboxylic acids is 1. The molecule has 6 nitrogen and oxygen atoms in total. The van der Waals surface area contributed by atoms with Crippen molar-refractivity contribution in [2.24, 2.45) is 0 Å². The predicted octanol–water partition coefficient (Wildman–Crippen LogP) is 4.83. The number of unbranched alkanes of at least 4 members (excludes halogenated alkanes) is 2. The van der Waals surface area contributed by atoms with Crippen LogP contribution in [0.3, 0.4) is 0 Å². The SMILES string of the molecule is COc1cc(CCCCCC(F)(F)F)c(OC)nc1CCNC(=O)OC(C)(C)C. The Labute approximate surface area is 170 Å². The van der Waals surface area contributed by atoms with E-state index in [-0.39, 0.29) is 6.42 Å². The number of alkyl halides is 3. The first-order chi connectivity index (χ1) is 13.4. The van der Waals surface area contributed by atoms with Crippen LogP contribution in [0.15, 0.2) is 6.07 Å². The zero-order valence-corrected chi connectivity index (χ0v) is 17.7. The van der Waals surface area contributed by atoms with E-state index in [9.17, 15) is 18.0 Å².